The Morgan fingerprint density at radius 1 is 0.905 bits per heavy atom. The number of benzene rings is 2. The van der Waals surface area contributed by atoms with E-state index in [1.165, 1.54) is 0 Å². The minimum atomic E-state index is -0.304. The van der Waals surface area contributed by atoms with Gasteiger partial charge in [0.05, 0.1) is 6.54 Å². The van der Waals surface area contributed by atoms with E-state index in [4.69, 9.17) is 11.6 Å². The quantitative estimate of drug-likeness (QED) is 0.891. The maximum atomic E-state index is 11.8. The van der Waals surface area contributed by atoms with Crippen LogP contribution >= 0.6 is 11.6 Å². The van der Waals surface area contributed by atoms with Crippen LogP contribution in [0.3, 0.4) is 0 Å². The van der Waals surface area contributed by atoms with Crippen LogP contribution in [0.5, 0.6) is 0 Å². The van der Waals surface area contributed by atoms with Crippen LogP contribution in [0.25, 0.3) is 0 Å². The van der Waals surface area contributed by atoms with Crippen molar-refractivity contribution in [3.05, 3.63) is 70.7 Å². The molecule has 0 fully saturated rings. The van der Waals surface area contributed by atoms with Gasteiger partial charge in [-0.05, 0) is 29.8 Å². The first kappa shape index (κ1) is 15.1. The van der Waals surface area contributed by atoms with Crippen molar-refractivity contribution >= 4 is 23.4 Å². The molecule has 5 heteroatoms. The molecule has 108 valence electrons. The summed E-state index contributed by atoms with van der Waals surface area (Å²) in [4.78, 5) is 23.5. The van der Waals surface area contributed by atoms with Crippen LogP contribution in [0.2, 0.25) is 5.02 Å². The van der Waals surface area contributed by atoms with Gasteiger partial charge in [-0.1, -0.05) is 41.9 Å². The molecule has 2 amide bonds. The summed E-state index contributed by atoms with van der Waals surface area (Å²) in [6, 6.07) is 16.1. The second-order valence-corrected chi connectivity index (χ2v) is 4.89. The first-order chi connectivity index (χ1) is 10.1. The van der Waals surface area contributed by atoms with Gasteiger partial charge in [0, 0.05) is 17.1 Å². The molecule has 0 atom stereocenters. The van der Waals surface area contributed by atoms with Crippen LogP contribution in [-0.4, -0.2) is 18.4 Å². The van der Waals surface area contributed by atoms with Gasteiger partial charge in [-0.25, -0.2) is 0 Å². The largest absolute Gasteiger partial charge is 0.350 e. The van der Waals surface area contributed by atoms with Gasteiger partial charge in [-0.2, -0.15) is 0 Å². The highest BCUT2D eigenvalue weighted by Gasteiger charge is 2.07. The van der Waals surface area contributed by atoms with Gasteiger partial charge in [0.25, 0.3) is 5.91 Å². The fraction of sp³-hybridized carbons (Fsp3) is 0.125. The number of hydrogen-bond acceptors (Lipinski definition) is 2. The standard InChI is InChI=1S/C16H15ClN2O2/c17-14-8-6-13(7-9-14)16(21)19-11-15(20)18-10-12-4-2-1-3-5-12/h1-9H,10-11H2,(H,18,20)(H,19,21). The number of carbonyl (C=O) groups excluding carboxylic acids is 2. The van der Waals surface area contributed by atoms with Crippen molar-refractivity contribution in [2.24, 2.45) is 0 Å². The number of rotatable bonds is 5. The number of nitrogens with one attached hydrogen (secondary N) is 2. The maximum absolute atomic E-state index is 11.8. The number of carbonyl (C=O) groups is 2. The molecule has 0 bridgehead atoms. The van der Waals surface area contributed by atoms with Gasteiger partial charge in [-0.15, -0.1) is 0 Å². The van der Waals surface area contributed by atoms with Crippen molar-refractivity contribution in [2.75, 3.05) is 6.54 Å². The second kappa shape index (κ2) is 7.45. The van der Waals surface area contributed by atoms with Crippen LogP contribution in [-0.2, 0) is 11.3 Å². The van der Waals surface area contributed by atoms with Gasteiger partial charge in [0.1, 0.15) is 0 Å². The Kier molecular flexibility index (Phi) is 5.35. The highest BCUT2D eigenvalue weighted by atomic mass is 35.5. The fourth-order valence-electron chi connectivity index (χ4n) is 1.72. The summed E-state index contributed by atoms with van der Waals surface area (Å²) in [6.07, 6.45) is 0. The molecule has 0 unspecified atom stereocenters. The lowest BCUT2D eigenvalue weighted by atomic mass is 10.2. The number of amides is 2. The van der Waals surface area contributed by atoms with Crippen molar-refractivity contribution in [1.82, 2.24) is 10.6 Å². The van der Waals surface area contributed by atoms with E-state index in [0.29, 0.717) is 17.1 Å². The van der Waals surface area contributed by atoms with E-state index in [0.717, 1.165) is 5.56 Å². The summed E-state index contributed by atoms with van der Waals surface area (Å²) in [5, 5.41) is 5.86. The molecule has 4 nitrogen and oxygen atoms in total. The van der Waals surface area contributed by atoms with Crippen LogP contribution in [0.4, 0.5) is 0 Å². The molecule has 0 saturated heterocycles. The molecule has 0 aliphatic rings. The molecule has 21 heavy (non-hydrogen) atoms. The van der Waals surface area contributed by atoms with Gasteiger partial charge in [0.2, 0.25) is 5.91 Å². The lowest BCUT2D eigenvalue weighted by Crippen LogP contribution is -2.36. The summed E-state index contributed by atoms with van der Waals surface area (Å²) >= 11 is 5.75. The third-order valence-corrected chi connectivity index (χ3v) is 3.10. The zero-order chi connectivity index (χ0) is 15.1. The molecule has 0 aromatic heterocycles. The molecule has 0 radical (unpaired) electrons. The van der Waals surface area contributed by atoms with E-state index in [2.05, 4.69) is 10.6 Å². The average molecular weight is 303 g/mol. The lowest BCUT2D eigenvalue weighted by molar-refractivity contribution is -0.120. The first-order valence-corrected chi connectivity index (χ1v) is 6.87. The summed E-state index contributed by atoms with van der Waals surface area (Å²) in [5.41, 5.74) is 1.48. The molecule has 2 aromatic carbocycles. The van der Waals surface area contributed by atoms with Crippen LogP contribution in [0.15, 0.2) is 54.6 Å². The monoisotopic (exact) mass is 302 g/mol. The molecule has 0 heterocycles. The van der Waals surface area contributed by atoms with Crippen molar-refractivity contribution in [3.8, 4) is 0 Å². The van der Waals surface area contributed by atoms with Crippen LogP contribution < -0.4 is 10.6 Å². The Hall–Kier alpha value is -2.33. The van der Waals surface area contributed by atoms with Crippen molar-refractivity contribution in [1.29, 1.82) is 0 Å². The highest BCUT2D eigenvalue weighted by Crippen LogP contribution is 2.09. The summed E-state index contributed by atoms with van der Waals surface area (Å²) in [5.74, 6) is -0.539. The summed E-state index contributed by atoms with van der Waals surface area (Å²) in [7, 11) is 0. The normalized spacial score (nSPS) is 9.95. The molecule has 2 N–H and O–H groups in total. The van der Waals surface area contributed by atoms with Crippen molar-refractivity contribution in [3.63, 3.8) is 0 Å². The van der Waals surface area contributed by atoms with Gasteiger partial charge >= 0.3 is 0 Å². The molecule has 0 saturated carbocycles. The summed E-state index contributed by atoms with van der Waals surface area (Å²) in [6.45, 7) is 0.380. The van der Waals surface area contributed by atoms with E-state index in [1.807, 2.05) is 30.3 Å². The smallest absolute Gasteiger partial charge is 0.251 e. The topological polar surface area (TPSA) is 58.2 Å². The first-order valence-electron chi connectivity index (χ1n) is 6.49. The Morgan fingerprint density at radius 2 is 1.57 bits per heavy atom. The number of halogens is 1. The Labute approximate surface area is 128 Å². The zero-order valence-corrected chi connectivity index (χ0v) is 12.1. The average Bonchev–Trinajstić information content (AvgIpc) is 2.52. The van der Waals surface area contributed by atoms with E-state index in [-0.39, 0.29) is 18.4 Å². The summed E-state index contributed by atoms with van der Waals surface area (Å²) < 4.78 is 0. The molecular formula is C16H15ClN2O2. The molecule has 0 aliphatic carbocycles. The molecule has 0 aliphatic heterocycles. The minimum absolute atomic E-state index is 0.0612. The Balaban J connectivity index is 1.76. The predicted molar refractivity (Wildman–Crippen MR) is 82.1 cm³/mol. The lowest BCUT2D eigenvalue weighted by Gasteiger charge is -2.07. The number of hydrogen-bond donors (Lipinski definition) is 2. The van der Waals surface area contributed by atoms with E-state index in [1.54, 1.807) is 24.3 Å². The predicted octanol–water partition coefficient (Wildman–Crippen LogP) is 2.39. The maximum Gasteiger partial charge on any atom is 0.251 e. The fourth-order valence-corrected chi connectivity index (χ4v) is 1.85. The van der Waals surface area contributed by atoms with Crippen molar-refractivity contribution < 1.29 is 9.59 Å². The third kappa shape index (κ3) is 4.93. The molecular weight excluding hydrogens is 288 g/mol. The van der Waals surface area contributed by atoms with Gasteiger partial charge in [0.15, 0.2) is 0 Å². The van der Waals surface area contributed by atoms with Crippen molar-refractivity contribution in [2.45, 2.75) is 6.54 Å². The molecule has 0 spiro atoms. The zero-order valence-electron chi connectivity index (χ0n) is 11.3. The van der Waals surface area contributed by atoms with E-state index in [9.17, 15) is 9.59 Å². The molecule has 2 aromatic rings. The van der Waals surface area contributed by atoms with E-state index < -0.39 is 0 Å². The SMILES string of the molecule is O=C(CNC(=O)c1ccc(Cl)cc1)NCc1ccccc1. The van der Waals surface area contributed by atoms with Gasteiger partial charge < -0.3 is 10.6 Å². The van der Waals surface area contributed by atoms with E-state index >= 15 is 0 Å². The molecule has 2 rings (SSSR count). The minimum Gasteiger partial charge on any atom is -0.350 e. The van der Waals surface area contributed by atoms with Crippen LogP contribution in [0.1, 0.15) is 15.9 Å². The highest BCUT2D eigenvalue weighted by molar-refractivity contribution is 6.30. The second-order valence-electron chi connectivity index (χ2n) is 4.45. The third-order valence-electron chi connectivity index (χ3n) is 2.85. The Bertz CT molecular complexity index is 612. The Morgan fingerprint density at radius 3 is 2.24 bits per heavy atom. The van der Waals surface area contributed by atoms with Gasteiger partial charge in [-0.3, -0.25) is 9.59 Å². The van der Waals surface area contributed by atoms with Crippen LogP contribution in [0, 0.1) is 0 Å².